The van der Waals surface area contributed by atoms with Crippen molar-refractivity contribution in [1.82, 2.24) is 15.0 Å². The predicted molar refractivity (Wildman–Crippen MR) is 124 cm³/mol. The predicted octanol–water partition coefficient (Wildman–Crippen LogP) is 3.52. The van der Waals surface area contributed by atoms with Crippen LogP contribution in [0.25, 0.3) is 0 Å². The molecule has 1 fully saturated rings. The van der Waals surface area contributed by atoms with Gasteiger partial charge in [0.2, 0.25) is 17.8 Å². The molecular weight excluding hydrogens is 390 g/mol. The largest absolute Gasteiger partial charge is 0.368 e. The number of aromatic nitrogens is 3. The maximum Gasteiger partial charge on any atom is 0.231 e. The fraction of sp³-hybridized carbons (Fsp3) is 0.304. The van der Waals surface area contributed by atoms with Crippen molar-refractivity contribution in [2.75, 3.05) is 46.6 Å². The second kappa shape index (κ2) is 8.99. The van der Waals surface area contributed by atoms with Gasteiger partial charge >= 0.3 is 0 Å². The van der Waals surface area contributed by atoms with Crippen LogP contribution in [-0.2, 0) is 4.79 Å². The highest BCUT2D eigenvalue weighted by Gasteiger charge is 2.21. The van der Waals surface area contributed by atoms with Crippen molar-refractivity contribution < 1.29 is 4.79 Å². The van der Waals surface area contributed by atoms with E-state index in [0.29, 0.717) is 17.6 Å². The molecule has 2 aromatic carbocycles. The Hall–Kier alpha value is -3.68. The number of anilines is 5. The molecule has 1 aliphatic rings. The number of nitrogens with zero attached hydrogens (tertiary/aromatic N) is 5. The number of amides is 1. The van der Waals surface area contributed by atoms with Crippen molar-refractivity contribution in [2.24, 2.45) is 0 Å². The lowest BCUT2D eigenvalue weighted by Crippen LogP contribution is -2.47. The topological polar surface area (TPSA) is 86.3 Å². The Bertz CT molecular complexity index is 1080. The van der Waals surface area contributed by atoms with Crippen LogP contribution >= 0.6 is 0 Å². The fourth-order valence-corrected chi connectivity index (χ4v) is 3.71. The molecule has 0 radical (unpaired) electrons. The van der Waals surface area contributed by atoms with Crippen LogP contribution in [0.15, 0.2) is 48.8 Å². The molecule has 0 spiro atoms. The molecule has 0 saturated carbocycles. The molecule has 4 rings (SSSR count). The van der Waals surface area contributed by atoms with Gasteiger partial charge in [-0.3, -0.25) is 4.79 Å². The molecule has 31 heavy (non-hydrogen) atoms. The van der Waals surface area contributed by atoms with Crippen molar-refractivity contribution in [3.8, 4) is 0 Å². The van der Waals surface area contributed by atoms with E-state index in [0.717, 1.165) is 31.9 Å². The van der Waals surface area contributed by atoms with E-state index >= 15 is 0 Å². The molecule has 0 unspecified atom stereocenters. The van der Waals surface area contributed by atoms with Gasteiger partial charge in [-0.2, -0.15) is 4.98 Å². The van der Waals surface area contributed by atoms with Gasteiger partial charge in [0.15, 0.2) is 0 Å². The quantitative estimate of drug-likeness (QED) is 0.657. The van der Waals surface area contributed by atoms with E-state index in [9.17, 15) is 4.79 Å². The summed E-state index contributed by atoms with van der Waals surface area (Å²) >= 11 is 0. The van der Waals surface area contributed by atoms with Crippen LogP contribution in [-0.4, -0.2) is 47.0 Å². The second-order valence-electron chi connectivity index (χ2n) is 7.76. The zero-order chi connectivity index (χ0) is 21.8. The third kappa shape index (κ3) is 5.09. The molecular formula is C23H27N7O. The standard InChI is InChI=1S/C23H27N7O/c1-16-7-8-17(2)21(13-16)29-9-11-30(12-10-29)23-25-15-24-22(28-23)27-20-6-4-5-19(14-20)26-18(3)31/h4-8,13-15H,9-12H2,1-3H3,(H,26,31)(H,24,25,27,28). The zero-order valence-electron chi connectivity index (χ0n) is 18.1. The van der Waals surface area contributed by atoms with E-state index in [4.69, 9.17) is 0 Å². The molecule has 8 heteroatoms. The van der Waals surface area contributed by atoms with Gasteiger partial charge in [-0.1, -0.05) is 18.2 Å². The first kappa shape index (κ1) is 20.6. The normalized spacial score (nSPS) is 13.8. The van der Waals surface area contributed by atoms with Gasteiger partial charge in [0.25, 0.3) is 0 Å². The Balaban J connectivity index is 1.42. The van der Waals surface area contributed by atoms with Crippen molar-refractivity contribution >= 4 is 34.9 Å². The fourth-order valence-electron chi connectivity index (χ4n) is 3.71. The Morgan fingerprint density at radius 3 is 2.45 bits per heavy atom. The first-order valence-electron chi connectivity index (χ1n) is 10.4. The molecule has 0 atom stereocenters. The molecule has 0 bridgehead atoms. The summed E-state index contributed by atoms with van der Waals surface area (Å²) in [6.45, 7) is 9.29. The minimum atomic E-state index is -0.111. The molecule has 3 aromatic rings. The third-order valence-electron chi connectivity index (χ3n) is 5.27. The monoisotopic (exact) mass is 417 g/mol. The van der Waals surface area contributed by atoms with Gasteiger partial charge in [-0.05, 0) is 49.2 Å². The van der Waals surface area contributed by atoms with E-state index in [1.807, 2.05) is 24.3 Å². The van der Waals surface area contributed by atoms with Crippen LogP contribution in [0, 0.1) is 13.8 Å². The molecule has 160 valence electrons. The van der Waals surface area contributed by atoms with Crippen LogP contribution in [0.1, 0.15) is 18.1 Å². The molecule has 1 amide bonds. The summed E-state index contributed by atoms with van der Waals surface area (Å²) < 4.78 is 0. The van der Waals surface area contributed by atoms with Crippen molar-refractivity contribution in [3.05, 3.63) is 59.9 Å². The van der Waals surface area contributed by atoms with Crippen molar-refractivity contribution in [1.29, 1.82) is 0 Å². The van der Waals surface area contributed by atoms with Gasteiger partial charge in [0.05, 0.1) is 0 Å². The van der Waals surface area contributed by atoms with E-state index in [2.05, 4.69) is 67.4 Å². The average Bonchev–Trinajstić information content (AvgIpc) is 2.76. The summed E-state index contributed by atoms with van der Waals surface area (Å²) in [4.78, 5) is 29.1. The minimum Gasteiger partial charge on any atom is -0.368 e. The van der Waals surface area contributed by atoms with E-state index in [-0.39, 0.29) is 5.91 Å². The lowest BCUT2D eigenvalue weighted by atomic mass is 10.1. The van der Waals surface area contributed by atoms with E-state index < -0.39 is 0 Å². The van der Waals surface area contributed by atoms with Crippen LogP contribution in [0.2, 0.25) is 0 Å². The number of carbonyl (C=O) groups excluding carboxylic acids is 1. The van der Waals surface area contributed by atoms with E-state index in [1.54, 1.807) is 0 Å². The maximum absolute atomic E-state index is 11.3. The van der Waals surface area contributed by atoms with Gasteiger partial charge in [-0.15, -0.1) is 0 Å². The number of hydrogen-bond acceptors (Lipinski definition) is 7. The number of carbonyl (C=O) groups is 1. The summed E-state index contributed by atoms with van der Waals surface area (Å²) in [6, 6.07) is 14.0. The summed E-state index contributed by atoms with van der Waals surface area (Å²) in [5.41, 5.74) is 5.39. The second-order valence-corrected chi connectivity index (χ2v) is 7.76. The summed E-state index contributed by atoms with van der Waals surface area (Å²) in [5, 5.41) is 5.97. The smallest absolute Gasteiger partial charge is 0.231 e. The number of hydrogen-bond donors (Lipinski definition) is 2. The highest BCUT2D eigenvalue weighted by molar-refractivity contribution is 5.89. The molecule has 8 nitrogen and oxygen atoms in total. The first-order chi connectivity index (χ1) is 15.0. The molecule has 0 aliphatic carbocycles. The summed E-state index contributed by atoms with van der Waals surface area (Å²) in [6.07, 6.45) is 1.53. The van der Waals surface area contributed by atoms with Gasteiger partial charge < -0.3 is 20.4 Å². The first-order valence-corrected chi connectivity index (χ1v) is 10.4. The lowest BCUT2D eigenvalue weighted by molar-refractivity contribution is -0.114. The maximum atomic E-state index is 11.3. The Morgan fingerprint density at radius 1 is 0.935 bits per heavy atom. The number of piperazine rings is 1. The highest BCUT2D eigenvalue weighted by Crippen LogP contribution is 2.24. The number of rotatable bonds is 5. The molecule has 1 aliphatic heterocycles. The number of nitrogens with one attached hydrogen (secondary N) is 2. The Labute approximate surface area is 182 Å². The van der Waals surface area contributed by atoms with Gasteiger partial charge in [0.1, 0.15) is 6.33 Å². The van der Waals surface area contributed by atoms with Crippen molar-refractivity contribution in [3.63, 3.8) is 0 Å². The van der Waals surface area contributed by atoms with Crippen LogP contribution < -0.4 is 20.4 Å². The van der Waals surface area contributed by atoms with Crippen LogP contribution in [0.5, 0.6) is 0 Å². The molecule has 2 heterocycles. The lowest BCUT2D eigenvalue weighted by Gasteiger charge is -2.36. The summed E-state index contributed by atoms with van der Waals surface area (Å²) in [5.74, 6) is 1.03. The third-order valence-corrected chi connectivity index (χ3v) is 5.27. The SMILES string of the molecule is CC(=O)Nc1cccc(Nc2ncnc(N3CCN(c4cc(C)ccc4C)CC3)n2)c1. The number of aryl methyl sites for hydroxylation is 2. The molecule has 1 saturated heterocycles. The van der Waals surface area contributed by atoms with Crippen LogP contribution in [0.3, 0.4) is 0 Å². The van der Waals surface area contributed by atoms with E-state index in [1.165, 1.54) is 30.1 Å². The zero-order valence-corrected chi connectivity index (χ0v) is 18.1. The number of benzene rings is 2. The Morgan fingerprint density at radius 2 is 1.68 bits per heavy atom. The van der Waals surface area contributed by atoms with Gasteiger partial charge in [0, 0.05) is 50.2 Å². The molecule has 1 aromatic heterocycles. The van der Waals surface area contributed by atoms with Crippen molar-refractivity contribution in [2.45, 2.75) is 20.8 Å². The highest BCUT2D eigenvalue weighted by atomic mass is 16.1. The average molecular weight is 418 g/mol. The Kier molecular flexibility index (Phi) is 5.97. The molecule has 2 N–H and O–H groups in total. The van der Waals surface area contributed by atoms with Crippen LogP contribution in [0.4, 0.5) is 29.0 Å². The summed E-state index contributed by atoms with van der Waals surface area (Å²) in [7, 11) is 0. The van der Waals surface area contributed by atoms with Gasteiger partial charge in [-0.25, -0.2) is 9.97 Å². The minimum absolute atomic E-state index is 0.111.